The van der Waals surface area contributed by atoms with E-state index < -0.39 is 38.8 Å². The standard InChI is InChI=1S/C17H29N3O5Si/c1-16(2,3)26(17(4,5)6)23-9-10-13(25-26)12(21)14(24-10)20-8-7-11(18)19-15(20)22/h7-8,10,12-14,21H,9H2,1-6H3,(H2,18,19,22)/t10-,12-,13-,14-/m1/s1. The summed E-state index contributed by atoms with van der Waals surface area (Å²) in [6, 6.07) is 1.50. The van der Waals surface area contributed by atoms with Crippen molar-refractivity contribution in [3.05, 3.63) is 22.7 Å². The summed E-state index contributed by atoms with van der Waals surface area (Å²) in [4.78, 5) is 15.8. The first-order valence-electron chi connectivity index (χ1n) is 8.87. The van der Waals surface area contributed by atoms with Crippen LogP contribution in [0.15, 0.2) is 17.1 Å². The molecule has 0 spiro atoms. The maximum absolute atomic E-state index is 12.1. The van der Waals surface area contributed by atoms with Gasteiger partial charge >= 0.3 is 14.3 Å². The van der Waals surface area contributed by atoms with Crippen LogP contribution in [-0.2, 0) is 13.6 Å². The molecule has 0 bridgehead atoms. The molecule has 3 heterocycles. The molecule has 0 unspecified atom stereocenters. The number of rotatable bonds is 1. The topological polar surface area (TPSA) is 109 Å². The minimum Gasteiger partial charge on any atom is -0.391 e. The Bertz CT molecular complexity index is 725. The molecule has 2 saturated heterocycles. The third kappa shape index (κ3) is 2.91. The maximum Gasteiger partial charge on any atom is 0.351 e. The van der Waals surface area contributed by atoms with Crippen LogP contribution < -0.4 is 11.4 Å². The molecule has 146 valence electrons. The van der Waals surface area contributed by atoms with E-state index in [-0.39, 0.29) is 15.9 Å². The van der Waals surface area contributed by atoms with E-state index in [2.05, 4.69) is 46.5 Å². The van der Waals surface area contributed by atoms with Gasteiger partial charge in [0, 0.05) is 16.3 Å². The molecule has 0 saturated carbocycles. The number of nitrogen functional groups attached to an aromatic ring is 1. The Morgan fingerprint density at radius 1 is 1.27 bits per heavy atom. The summed E-state index contributed by atoms with van der Waals surface area (Å²) in [5, 5.41) is 10.5. The number of anilines is 1. The number of fused-ring (bicyclic) bond motifs is 1. The Morgan fingerprint density at radius 3 is 2.42 bits per heavy atom. The SMILES string of the molecule is CC(C)(C)[Si]1(C(C)(C)C)OC[C@H]2O[C@@H](n3ccc(N)nc3=O)[C@H](O)[C@@H]2O1. The molecule has 4 atom stereocenters. The van der Waals surface area contributed by atoms with Gasteiger partial charge in [0.2, 0.25) is 0 Å². The van der Waals surface area contributed by atoms with Gasteiger partial charge in [0.1, 0.15) is 24.1 Å². The molecular formula is C17H29N3O5Si. The van der Waals surface area contributed by atoms with E-state index in [0.29, 0.717) is 6.61 Å². The van der Waals surface area contributed by atoms with Crippen LogP contribution >= 0.6 is 0 Å². The second-order valence-corrected chi connectivity index (χ2v) is 13.9. The predicted octanol–water partition coefficient (Wildman–Crippen LogP) is 1.54. The van der Waals surface area contributed by atoms with Gasteiger partial charge in [0.15, 0.2) is 6.23 Å². The molecule has 0 aliphatic carbocycles. The van der Waals surface area contributed by atoms with Gasteiger partial charge in [-0.1, -0.05) is 41.5 Å². The number of aliphatic hydroxyl groups excluding tert-OH is 1. The zero-order valence-corrected chi connectivity index (χ0v) is 17.2. The number of aromatic nitrogens is 2. The van der Waals surface area contributed by atoms with Gasteiger partial charge in [-0.3, -0.25) is 4.57 Å². The predicted molar refractivity (Wildman–Crippen MR) is 98.8 cm³/mol. The average Bonchev–Trinajstić information content (AvgIpc) is 2.81. The molecule has 3 N–H and O–H groups in total. The molecule has 2 fully saturated rings. The molecule has 9 heteroatoms. The first-order chi connectivity index (χ1) is 11.9. The Morgan fingerprint density at radius 2 is 1.88 bits per heavy atom. The largest absolute Gasteiger partial charge is 0.391 e. The van der Waals surface area contributed by atoms with Gasteiger partial charge in [-0.2, -0.15) is 4.98 Å². The monoisotopic (exact) mass is 383 g/mol. The first kappa shape index (κ1) is 19.5. The van der Waals surface area contributed by atoms with Crippen molar-refractivity contribution in [2.45, 2.75) is 76.2 Å². The molecule has 3 rings (SSSR count). The number of nitrogens with zero attached hydrogens (tertiary/aromatic N) is 2. The van der Waals surface area contributed by atoms with Crippen LogP contribution in [0.1, 0.15) is 47.8 Å². The van der Waals surface area contributed by atoms with Crippen molar-refractivity contribution in [3.63, 3.8) is 0 Å². The molecule has 1 aromatic heterocycles. The van der Waals surface area contributed by atoms with Gasteiger partial charge in [0.25, 0.3) is 0 Å². The molecule has 8 nitrogen and oxygen atoms in total. The highest BCUT2D eigenvalue weighted by Crippen LogP contribution is 2.55. The number of nitrogens with two attached hydrogens (primary N) is 1. The number of hydrogen-bond acceptors (Lipinski definition) is 7. The quantitative estimate of drug-likeness (QED) is 0.708. The van der Waals surface area contributed by atoms with Crippen molar-refractivity contribution in [3.8, 4) is 0 Å². The number of hydrogen-bond donors (Lipinski definition) is 2. The fourth-order valence-corrected chi connectivity index (χ4v) is 9.15. The summed E-state index contributed by atoms with van der Waals surface area (Å²) in [6.45, 7) is 13.0. The minimum absolute atomic E-state index is 0.127. The zero-order chi connectivity index (χ0) is 19.5. The Balaban J connectivity index is 1.94. The summed E-state index contributed by atoms with van der Waals surface area (Å²) in [7, 11) is -2.73. The van der Waals surface area contributed by atoms with Crippen molar-refractivity contribution in [2.75, 3.05) is 12.3 Å². The highest BCUT2D eigenvalue weighted by atomic mass is 28.4. The third-order valence-electron chi connectivity index (χ3n) is 5.16. The van der Waals surface area contributed by atoms with E-state index in [0.717, 1.165) is 0 Å². The normalized spacial score (nSPS) is 31.7. The molecule has 0 aromatic carbocycles. The van der Waals surface area contributed by atoms with Gasteiger partial charge in [-0.05, 0) is 6.07 Å². The highest BCUT2D eigenvalue weighted by Gasteiger charge is 2.64. The molecule has 2 aliphatic heterocycles. The fourth-order valence-electron chi connectivity index (χ4n) is 4.19. The van der Waals surface area contributed by atoms with Crippen molar-refractivity contribution in [2.24, 2.45) is 0 Å². The van der Waals surface area contributed by atoms with Crippen molar-refractivity contribution in [1.29, 1.82) is 0 Å². The Hall–Kier alpha value is -1.26. The summed E-state index contributed by atoms with van der Waals surface area (Å²) in [5.74, 6) is 0.127. The van der Waals surface area contributed by atoms with Crippen molar-refractivity contribution < 1.29 is 18.7 Å². The van der Waals surface area contributed by atoms with E-state index in [1.807, 2.05) is 0 Å². The van der Waals surface area contributed by atoms with Crippen LogP contribution in [0, 0.1) is 0 Å². The maximum atomic E-state index is 12.1. The molecule has 0 radical (unpaired) electrons. The fraction of sp³-hybridized carbons (Fsp3) is 0.765. The van der Waals surface area contributed by atoms with Gasteiger partial charge < -0.3 is 24.4 Å². The van der Waals surface area contributed by atoms with E-state index >= 15 is 0 Å². The molecule has 0 amide bonds. The summed E-state index contributed by atoms with van der Waals surface area (Å²) in [5.41, 5.74) is 4.98. The van der Waals surface area contributed by atoms with Crippen LogP contribution in [0.5, 0.6) is 0 Å². The lowest BCUT2D eigenvalue weighted by Gasteiger charge is -2.53. The average molecular weight is 384 g/mol. The molecule has 26 heavy (non-hydrogen) atoms. The van der Waals surface area contributed by atoms with E-state index in [1.54, 1.807) is 0 Å². The lowest BCUT2D eigenvalue weighted by molar-refractivity contribution is -0.0808. The highest BCUT2D eigenvalue weighted by molar-refractivity contribution is 6.73. The number of aliphatic hydroxyl groups is 1. The second-order valence-electron chi connectivity index (χ2n) is 9.11. The van der Waals surface area contributed by atoms with Gasteiger partial charge in [-0.25, -0.2) is 4.79 Å². The van der Waals surface area contributed by atoms with Crippen LogP contribution in [0.2, 0.25) is 10.1 Å². The van der Waals surface area contributed by atoms with Crippen LogP contribution in [-0.4, -0.2) is 48.1 Å². The third-order valence-corrected chi connectivity index (χ3v) is 10.3. The molecule has 2 aliphatic rings. The molecular weight excluding hydrogens is 354 g/mol. The van der Waals surface area contributed by atoms with Crippen molar-refractivity contribution in [1.82, 2.24) is 9.55 Å². The summed E-state index contributed by atoms with van der Waals surface area (Å²) >= 11 is 0. The zero-order valence-electron chi connectivity index (χ0n) is 16.2. The smallest absolute Gasteiger partial charge is 0.351 e. The van der Waals surface area contributed by atoms with Gasteiger partial charge in [-0.15, -0.1) is 0 Å². The molecule has 1 aromatic rings. The minimum atomic E-state index is -2.73. The van der Waals surface area contributed by atoms with E-state index in [4.69, 9.17) is 19.3 Å². The van der Waals surface area contributed by atoms with E-state index in [1.165, 1.54) is 16.8 Å². The summed E-state index contributed by atoms with van der Waals surface area (Å²) < 4.78 is 20.0. The Kier molecular flexibility index (Phi) is 4.60. The second kappa shape index (κ2) is 6.13. The van der Waals surface area contributed by atoms with Crippen LogP contribution in [0.4, 0.5) is 5.82 Å². The summed E-state index contributed by atoms with van der Waals surface area (Å²) in [6.07, 6.45) is -1.38. The van der Waals surface area contributed by atoms with Crippen molar-refractivity contribution >= 4 is 14.4 Å². The van der Waals surface area contributed by atoms with E-state index in [9.17, 15) is 9.90 Å². The Labute approximate surface area is 154 Å². The lowest BCUT2D eigenvalue weighted by atomic mass is 10.1. The van der Waals surface area contributed by atoms with Gasteiger partial charge in [0.05, 0.1) is 6.61 Å². The lowest BCUT2D eigenvalue weighted by Crippen LogP contribution is -2.65. The van der Waals surface area contributed by atoms with Crippen LogP contribution in [0.25, 0.3) is 0 Å². The number of ether oxygens (including phenoxy) is 1. The van der Waals surface area contributed by atoms with Crippen LogP contribution in [0.3, 0.4) is 0 Å². The first-order valence-corrected chi connectivity index (χ1v) is 10.7.